The van der Waals surface area contributed by atoms with E-state index >= 15 is 0 Å². The molecule has 0 heterocycles. The van der Waals surface area contributed by atoms with Gasteiger partial charge in [0.15, 0.2) is 11.5 Å². The number of nitrogens with one attached hydrogen (secondary N) is 1. The second kappa shape index (κ2) is 11.4. The lowest BCUT2D eigenvalue weighted by Crippen LogP contribution is -2.15. The van der Waals surface area contributed by atoms with E-state index in [0.29, 0.717) is 23.1 Å². The fourth-order valence-corrected chi connectivity index (χ4v) is 3.25. The minimum atomic E-state index is 0.266. The predicted octanol–water partition coefficient (Wildman–Crippen LogP) is 4.94. The van der Waals surface area contributed by atoms with Gasteiger partial charge in [0.05, 0.1) is 11.6 Å². The second-order valence-electron chi connectivity index (χ2n) is 5.99. The minimum absolute atomic E-state index is 0.266. The Kier molecular flexibility index (Phi) is 9.26. The van der Waals surface area contributed by atoms with Gasteiger partial charge in [-0.25, -0.2) is 0 Å². The zero-order valence-corrected chi connectivity index (χ0v) is 17.3. The second-order valence-corrected chi connectivity index (χ2v) is 7.28. The highest BCUT2D eigenvalue weighted by Crippen LogP contribution is 2.37. The lowest BCUT2D eigenvalue weighted by molar-refractivity contribution is 0.282. The first-order chi connectivity index (χ1) is 12.6. The van der Waals surface area contributed by atoms with Gasteiger partial charge in [0, 0.05) is 18.2 Å². The molecule has 6 heteroatoms. The Labute approximate surface area is 168 Å². The molecule has 0 saturated heterocycles. The fraction of sp³-hybridized carbons (Fsp3) is 0.400. The van der Waals surface area contributed by atoms with Gasteiger partial charge in [-0.05, 0) is 77.1 Å². The molecule has 0 spiro atoms. The number of hydrogen-bond acceptors (Lipinski definition) is 4. The van der Waals surface area contributed by atoms with Crippen molar-refractivity contribution in [2.75, 3.05) is 20.3 Å². The van der Waals surface area contributed by atoms with E-state index in [4.69, 9.17) is 26.2 Å². The predicted molar refractivity (Wildman–Crippen MR) is 109 cm³/mol. The van der Waals surface area contributed by atoms with Crippen LogP contribution in [0.3, 0.4) is 0 Å². The van der Waals surface area contributed by atoms with Crippen LogP contribution in [0.1, 0.15) is 30.4 Å². The minimum Gasteiger partial charge on any atom is -0.493 e. The number of aliphatic hydroxyl groups is 1. The monoisotopic (exact) mass is 441 g/mol. The van der Waals surface area contributed by atoms with Crippen LogP contribution >= 0.6 is 27.5 Å². The third kappa shape index (κ3) is 6.80. The van der Waals surface area contributed by atoms with Crippen molar-refractivity contribution >= 4 is 27.5 Å². The average Bonchev–Trinajstić information content (AvgIpc) is 2.64. The Bertz CT molecular complexity index is 680. The van der Waals surface area contributed by atoms with Crippen molar-refractivity contribution < 1.29 is 14.6 Å². The number of rotatable bonds is 11. The maximum atomic E-state index is 8.79. The number of hydrogen-bond donors (Lipinski definition) is 2. The van der Waals surface area contributed by atoms with E-state index in [0.717, 1.165) is 48.0 Å². The van der Waals surface area contributed by atoms with E-state index in [-0.39, 0.29) is 6.61 Å². The summed E-state index contributed by atoms with van der Waals surface area (Å²) in [6, 6.07) is 11.6. The largest absolute Gasteiger partial charge is 0.493 e. The first-order valence-electron chi connectivity index (χ1n) is 8.69. The van der Waals surface area contributed by atoms with Crippen molar-refractivity contribution in [3.05, 3.63) is 57.0 Å². The van der Waals surface area contributed by atoms with Gasteiger partial charge in [-0.1, -0.05) is 23.7 Å². The summed E-state index contributed by atoms with van der Waals surface area (Å²) in [5.41, 5.74) is 2.16. The smallest absolute Gasteiger partial charge is 0.175 e. The van der Waals surface area contributed by atoms with Gasteiger partial charge in [-0.2, -0.15) is 0 Å². The molecule has 0 radical (unpaired) electrons. The van der Waals surface area contributed by atoms with Crippen molar-refractivity contribution in [1.82, 2.24) is 5.32 Å². The highest BCUT2D eigenvalue weighted by atomic mass is 79.9. The molecule has 2 aromatic carbocycles. The van der Waals surface area contributed by atoms with Gasteiger partial charge >= 0.3 is 0 Å². The SMILES string of the molecule is COc1cc(CNCCCCCO)cc(Br)c1OCc1ccc(Cl)cc1. The van der Waals surface area contributed by atoms with Gasteiger partial charge in [0.2, 0.25) is 0 Å². The molecule has 0 bridgehead atoms. The number of aliphatic hydroxyl groups excluding tert-OH is 1. The highest BCUT2D eigenvalue weighted by molar-refractivity contribution is 9.10. The van der Waals surface area contributed by atoms with E-state index in [1.807, 2.05) is 36.4 Å². The molecule has 2 aromatic rings. The van der Waals surface area contributed by atoms with Crippen molar-refractivity contribution in [2.45, 2.75) is 32.4 Å². The first-order valence-corrected chi connectivity index (χ1v) is 9.86. The quantitative estimate of drug-likeness (QED) is 0.484. The molecule has 2 N–H and O–H groups in total. The summed E-state index contributed by atoms with van der Waals surface area (Å²) >= 11 is 9.50. The summed E-state index contributed by atoms with van der Waals surface area (Å²) in [6.07, 6.45) is 2.95. The van der Waals surface area contributed by atoms with Crippen LogP contribution in [0.15, 0.2) is 40.9 Å². The zero-order chi connectivity index (χ0) is 18.8. The molecule has 0 atom stereocenters. The van der Waals surface area contributed by atoms with Crippen LogP contribution < -0.4 is 14.8 Å². The van der Waals surface area contributed by atoms with Crippen molar-refractivity contribution in [1.29, 1.82) is 0 Å². The molecule has 2 rings (SSSR count). The zero-order valence-electron chi connectivity index (χ0n) is 14.9. The maximum Gasteiger partial charge on any atom is 0.175 e. The standard InChI is InChI=1S/C20H25BrClNO3/c1-25-19-12-16(13-23-9-3-2-4-10-24)11-18(21)20(19)26-14-15-5-7-17(22)8-6-15/h5-8,11-12,23-24H,2-4,9-10,13-14H2,1H3. The van der Waals surface area contributed by atoms with Crippen LogP contribution in [0.2, 0.25) is 5.02 Å². The van der Waals surface area contributed by atoms with E-state index in [1.165, 1.54) is 0 Å². The molecule has 0 unspecified atom stereocenters. The van der Waals surface area contributed by atoms with Crippen LogP contribution in [0.25, 0.3) is 0 Å². The summed E-state index contributed by atoms with van der Waals surface area (Å²) in [5.74, 6) is 1.39. The van der Waals surface area contributed by atoms with Crippen LogP contribution in [-0.2, 0) is 13.2 Å². The van der Waals surface area contributed by atoms with Crippen LogP contribution in [0, 0.1) is 0 Å². The topological polar surface area (TPSA) is 50.7 Å². The van der Waals surface area contributed by atoms with Gasteiger partial charge in [0.1, 0.15) is 6.61 Å². The Hall–Kier alpha value is -1.27. The van der Waals surface area contributed by atoms with E-state index < -0.39 is 0 Å². The number of ether oxygens (including phenoxy) is 2. The average molecular weight is 443 g/mol. The molecule has 0 saturated carbocycles. The first kappa shape index (κ1) is 21.0. The maximum absolute atomic E-state index is 8.79. The lowest BCUT2D eigenvalue weighted by atomic mass is 10.2. The van der Waals surface area contributed by atoms with E-state index in [9.17, 15) is 0 Å². The molecule has 0 amide bonds. The summed E-state index contributed by atoms with van der Waals surface area (Å²) < 4.78 is 12.3. The Morgan fingerprint density at radius 3 is 2.54 bits per heavy atom. The van der Waals surface area contributed by atoms with E-state index in [1.54, 1.807) is 7.11 Å². The van der Waals surface area contributed by atoms with E-state index in [2.05, 4.69) is 21.2 Å². The molecule has 26 heavy (non-hydrogen) atoms. The fourth-order valence-electron chi connectivity index (χ4n) is 2.52. The molecule has 0 fully saturated rings. The highest BCUT2D eigenvalue weighted by Gasteiger charge is 2.12. The van der Waals surface area contributed by atoms with Crippen LogP contribution in [0.5, 0.6) is 11.5 Å². The molecule has 0 aliphatic heterocycles. The van der Waals surface area contributed by atoms with Crippen molar-refractivity contribution in [3.63, 3.8) is 0 Å². The summed E-state index contributed by atoms with van der Waals surface area (Å²) in [7, 11) is 1.64. The summed E-state index contributed by atoms with van der Waals surface area (Å²) in [4.78, 5) is 0. The molecule has 4 nitrogen and oxygen atoms in total. The Morgan fingerprint density at radius 1 is 1.08 bits per heavy atom. The van der Waals surface area contributed by atoms with Crippen molar-refractivity contribution in [2.24, 2.45) is 0 Å². The molecule has 0 aliphatic carbocycles. The van der Waals surface area contributed by atoms with Crippen LogP contribution in [0.4, 0.5) is 0 Å². The van der Waals surface area contributed by atoms with Crippen LogP contribution in [-0.4, -0.2) is 25.4 Å². The van der Waals surface area contributed by atoms with Gasteiger partial charge in [0.25, 0.3) is 0 Å². The third-order valence-corrected chi connectivity index (χ3v) is 4.77. The molecule has 142 valence electrons. The molecular formula is C20H25BrClNO3. The summed E-state index contributed by atoms with van der Waals surface area (Å²) in [5, 5.41) is 12.9. The number of halogens is 2. The number of benzene rings is 2. The Balaban J connectivity index is 1.94. The normalized spacial score (nSPS) is 10.8. The third-order valence-electron chi connectivity index (χ3n) is 3.93. The van der Waals surface area contributed by atoms with Crippen molar-refractivity contribution in [3.8, 4) is 11.5 Å². The Morgan fingerprint density at radius 2 is 1.85 bits per heavy atom. The number of unbranched alkanes of at least 4 members (excludes halogenated alkanes) is 2. The molecular weight excluding hydrogens is 418 g/mol. The molecule has 0 aromatic heterocycles. The summed E-state index contributed by atoms with van der Waals surface area (Å²) in [6.45, 7) is 2.39. The van der Waals surface area contributed by atoms with Gasteiger partial charge < -0.3 is 19.9 Å². The molecule has 0 aliphatic rings. The number of methoxy groups -OCH3 is 1. The van der Waals surface area contributed by atoms with Gasteiger partial charge in [-0.3, -0.25) is 0 Å². The lowest BCUT2D eigenvalue weighted by Gasteiger charge is -2.15. The van der Waals surface area contributed by atoms with Gasteiger partial charge in [-0.15, -0.1) is 0 Å².